The second kappa shape index (κ2) is 8.09. The van der Waals surface area contributed by atoms with Gasteiger partial charge in [-0.1, -0.05) is 13.0 Å². The molecule has 20 heavy (non-hydrogen) atoms. The van der Waals surface area contributed by atoms with Crippen LogP contribution in [-0.2, 0) is 21.3 Å². The Balaban J connectivity index is 3.05. The van der Waals surface area contributed by atoms with E-state index in [1.807, 2.05) is 19.9 Å². The third-order valence-electron chi connectivity index (χ3n) is 2.75. The number of sulfonamides is 1. The number of methoxy groups -OCH3 is 1. The van der Waals surface area contributed by atoms with Crippen molar-refractivity contribution in [1.82, 2.24) is 10.0 Å². The topological polar surface area (TPSA) is 67.4 Å². The normalized spacial score (nSPS) is 11.8. The van der Waals surface area contributed by atoms with E-state index < -0.39 is 10.0 Å². The number of aryl methyl sites for hydroxylation is 1. The van der Waals surface area contributed by atoms with E-state index in [-0.39, 0.29) is 11.4 Å². The van der Waals surface area contributed by atoms with Crippen molar-refractivity contribution in [3.05, 3.63) is 27.7 Å². The molecule has 5 nitrogen and oxygen atoms in total. The Morgan fingerprint density at radius 2 is 2.05 bits per heavy atom. The van der Waals surface area contributed by atoms with Gasteiger partial charge in [0, 0.05) is 24.7 Å². The first kappa shape index (κ1) is 17.6. The third-order valence-corrected chi connectivity index (χ3v) is 5.55. The number of ether oxygens (including phenoxy) is 1. The SMILES string of the molecule is CCNCc1cc(C)c(Br)c(S(=O)(=O)NCCOC)c1. The molecule has 0 bridgehead atoms. The maximum absolute atomic E-state index is 12.3. The summed E-state index contributed by atoms with van der Waals surface area (Å²) in [6.45, 7) is 5.96. The van der Waals surface area contributed by atoms with Gasteiger partial charge in [-0.25, -0.2) is 13.1 Å². The van der Waals surface area contributed by atoms with Crippen LogP contribution in [0.1, 0.15) is 18.1 Å². The molecule has 0 radical (unpaired) electrons. The van der Waals surface area contributed by atoms with Crippen molar-refractivity contribution < 1.29 is 13.2 Å². The molecule has 0 unspecified atom stereocenters. The monoisotopic (exact) mass is 364 g/mol. The van der Waals surface area contributed by atoms with Gasteiger partial charge in [0.05, 0.1) is 11.5 Å². The van der Waals surface area contributed by atoms with E-state index in [1.54, 1.807) is 6.07 Å². The highest BCUT2D eigenvalue weighted by molar-refractivity contribution is 9.10. The minimum atomic E-state index is -3.54. The molecule has 0 spiro atoms. The van der Waals surface area contributed by atoms with Crippen molar-refractivity contribution in [1.29, 1.82) is 0 Å². The number of halogens is 1. The predicted molar refractivity (Wildman–Crippen MR) is 83.3 cm³/mol. The Kier molecular flexibility index (Phi) is 7.11. The fourth-order valence-corrected chi connectivity index (χ4v) is 3.81. The van der Waals surface area contributed by atoms with Gasteiger partial charge in [0.15, 0.2) is 0 Å². The van der Waals surface area contributed by atoms with Gasteiger partial charge in [-0.2, -0.15) is 0 Å². The lowest BCUT2D eigenvalue weighted by atomic mass is 10.1. The summed E-state index contributed by atoms with van der Waals surface area (Å²) in [4.78, 5) is 0.265. The molecular formula is C13H21BrN2O3S. The molecule has 0 aliphatic carbocycles. The molecule has 0 atom stereocenters. The fourth-order valence-electron chi connectivity index (χ4n) is 1.73. The maximum Gasteiger partial charge on any atom is 0.241 e. The van der Waals surface area contributed by atoms with Crippen LogP contribution in [0.15, 0.2) is 21.5 Å². The molecule has 7 heteroatoms. The molecule has 1 aromatic carbocycles. The first-order valence-corrected chi connectivity index (χ1v) is 8.68. The molecule has 1 rings (SSSR count). The first-order chi connectivity index (χ1) is 9.42. The van der Waals surface area contributed by atoms with E-state index in [2.05, 4.69) is 26.0 Å². The Morgan fingerprint density at radius 3 is 2.65 bits per heavy atom. The van der Waals surface area contributed by atoms with Crippen LogP contribution < -0.4 is 10.0 Å². The summed E-state index contributed by atoms with van der Waals surface area (Å²) in [5.41, 5.74) is 1.84. The average Bonchev–Trinajstić information content (AvgIpc) is 2.39. The predicted octanol–water partition coefficient (Wildman–Crippen LogP) is 1.79. The number of hydrogen-bond acceptors (Lipinski definition) is 4. The maximum atomic E-state index is 12.3. The zero-order valence-electron chi connectivity index (χ0n) is 12.0. The second-order valence-electron chi connectivity index (χ2n) is 4.40. The molecule has 2 N–H and O–H groups in total. The van der Waals surface area contributed by atoms with Crippen LogP contribution >= 0.6 is 15.9 Å². The van der Waals surface area contributed by atoms with Gasteiger partial charge in [-0.05, 0) is 46.6 Å². The number of nitrogens with one attached hydrogen (secondary N) is 2. The lowest BCUT2D eigenvalue weighted by Gasteiger charge is -2.13. The molecule has 0 amide bonds. The van der Waals surface area contributed by atoms with Crippen molar-refractivity contribution in [2.24, 2.45) is 0 Å². The summed E-state index contributed by atoms with van der Waals surface area (Å²) in [6, 6.07) is 3.66. The molecule has 114 valence electrons. The Morgan fingerprint density at radius 1 is 1.35 bits per heavy atom. The summed E-state index contributed by atoms with van der Waals surface area (Å²) in [6.07, 6.45) is 0. The quantitative estimate of drug-likeness (QED) is 0.690. The lowest BCUT2D eigenvalue weighted by molar-refractivity contribution is 0.204. The van der Waals surface area contributed by atoms with E-state index in [0.717, 1.165) is 17.7 Å². The van der Waals surface area contributed by atoms with E-state index >= 15 is 0 Å². The third kappa shape index (κ3) is 4.82. The van der Waals surface area contributed by atoms with Crippen molar-refractivity contribution in [3.63, 3.8) is 0 Å². The molecule has 0 heterocycles. The highest BCUT2D eigenvalue weighted by Gasteiger charge is 2.19. The van der Waals surface area contributed by atoms with Crippen molar-refractivity contribution in [2.45, 2.75) is 25.3 Å². The highest BCUT2D eigenvalue weighted by atomic mass is 79.9. The lowest BCUT2D eigenvalue weighted by Crippen LogP contribution is -2.28. The zero-order valence-corrected chi connectivity index (χ0v) is 14.4. The smallest absolute Gasteiger partial charge is 0.241 e. The van der Waals surface area contributed by atoms with Crippen molar-refractivity contribution >= 4 is 26.0 Å². The van der Waals surface area contributed by atoms with Crippen LogP contribution in [0, 0.1) is 6.92 Å². The summed E-state index contributed by atoms with van der Waals surface area (Å²) in [7, 11) is -2.00. The van der Waals surface area contributed by atoms with Crippen LogP contribution in [0.2, 0.25) is 0 Å². The zero-order chi connectivity index (χ0) is 15.2. The van der Waals surface area contributed by atoms with E-state index in [1.165, 1.54) is 7.11 Å². The standard InChI is InChI=1S/C13H21BrN2O3S/c1-4-15-9-11-7-10(2)13(14)12(8-11)20(17,18)16-5-6-19-3/h7-8,15-16H,4-6,9H2,1-3H3. The van der Waals surface area contributed by atoms with Crippen LogP contribution in [0.3, 0.4) is 0 Å². The fraction of sp³-hybridized carbons (Fsp3) is 0.538. The van der Waals surface area contributed by atoms with Gasteiger partial charge in [0.2, 0.25) is 10.0 Å². The van der Waals surface area contributed by atoms with E-state index in [9.17, 15) is 8.42 Å². The van der Waals surface area contributed by atoms with Crippen LogP contribution in [-0.4, -0.2) is 35.2 Å². The van der Waals surface area contributed by atoms with Gasteiger partial charge < -0.3 is 10.1 Å². The molecule has 0 saturated heterocycles. The van der Waals surface area contributed by atoms with Gasteiger partial charge in [-0.15, -0.1) is 0 Å². The molecule has 0 saturated carbocycles. The van der Waals surface area contributed by atoms with Crippen LogP contribution in [0.4, 0.5) is 0 Å². The van der Waals surface area contributed by atoms with Gasteiger partial charge in [0.1, 0.15) is 0 Å². The minimum absolute atomic E-state index is 0.252. The van der Waals surface area contributed by atoms with Crippen molar-refractivity contribution in [2.75, 3.05) is 26.8 Å². The molecule has 0 aliphatic heterocycles. The Labute approximate surface area is 129 Å². The molecule has 1 aromatic rings. The van der Waals surface area contributed by atoms with Gasteiger partial charge >= 0.3 is 0 Å². The second-order valence-corrected chi connectivity index (χ2v) is 6.92. The first-order valence-electron chi connectivity index (χ1n) is 6.40. The molecule has 0 fully saturated rings. The molecule has 0 aromatic heterocycles. The van der Waals surface area contributed by atoms with Gasteiger partial charge in [-0.3, -0.25) is 0 Å². The van der Waals surface area contributed by atoms with E-state index in [0.29, 0.717) is 17.6 Å². The Bertz CT molecular complexity index is 547. The Hall–Kier alpha value is -0.470. The van der Waals surface area contributed by atoms with Crippen molar-refractivity contribution in [3.8, 4) is 0 Å². The number of hydrogen-bond donors (Lipinski definition) is 2. The highest BCUT2D eigenvalue weighted by Crippen LogP contribution is 2.27. The molecular weight excluding hydrogens is 344 g/mol. The summed E-state index contributed by atoms with van der Waals surface area (Å²) in [5, 5.41) is 3.19. The largest absolute Gasteiger partial charge is 0.383 e. The van der Waals surface area contributed by atoms with Crippen LogP contribution in [0.25, 0.3) is 0 Å². The van der Waals surface area contributed by atoms with E-state index in [4.69, 9.17) is 4.74 Å². The summed E-state index contributed by atoms with van der Waals surface area (Å²) >= 11 is 3.36. The minimum Gasteiger partial charge on any atom is -0.383 e. The average molecular weight is 365 g/mol. The summed E-state index contributed by atoms with van der Waals surface area (Å²) in [5.74, 6) is 0. The van der Waals surface area contributed by atoms with Crippen LogP contribution in [0.5, 0.6) is 0 Å². The molecule has 0 aliphatic rings. The van der Waals surface area contributed by atoms with Gasteiger partial charge in [0.25, 0.3) is 0 Å². The number of rotatable bonds is 8. The number of benzene rings is 1. The summed E-state index contributed by atoms with van der Waals surface area (Å²) < 4.78 is 32.6.